The molecule has 3 aromatic carbocycles. The molecular formula is C29H31B2NO6Rb2. The predicted molar refractivity (Wildman–Crippen MR) is 151 cm³/mol. The number of rotatable bonds is 4. The van der Waals surface area contributed by atoms with Crippen LogP contribution in [0.5, 0.6) is 23.1 Å². The second-order valence-electron chi connectivity index (χ2n) is 8.64. The first-order valence-electron chi connectivity index (χ1n) is 11.7. The van der Waals surface area contributed by atoms with Gasteiger partial charge < -0.3 is 43.7 Å². The molecule has 0 aliphatic carbocycles. The van der Waals surface area contributed by atoms with E-state index in [-0.39, 0.29) is 131 Å². The number of hydrogen-bond acceptors (Lipinski definition) is 7. The summed E-state index contributed by atoms with van der Waals surface area (Å²) in [5.74, 6) is 2.91. The van der Waals surface area contributed by atoms with Crippen molar-refractivity contribution in [2.45, 2.75) is 27.1 Å². The topological polar surface area (TPSA) is 90.3 Å². The fourth-order valence-electron chi connectivity index (χ4n) is 4.03. The van der Waals surface area contributed by atoms with E-state index < -0.39 is 14.2 Å². The summed E-state index contributed by atoms with van der Waals surface area (Å²) in [6, 6.07) is 22.8. The Balaban J connectivity index is 0.000000364. The van der Waals surface area contributed by atoms with E-state index in [1.165, 1.54) is 0 Å². The number of para-hydroxylation sites is 1. The quantitative estimate of drug-likeness (QED) is 0.197. The summed E-state index contributed by atoms with van der Waals surface area (Å²) in [5, 5.41) is 19.1. The third kappa shape index (κ3) is 9.50. The number of nitrogens with zero attached hydrogens (tertiary/aromatic N) is 1. The monoisotopic (exact) mass is 681 g/mol. The van der Waals surface area contributed by atoms with E-state index in [1.807, 2.05) is 86.6 Å². The van der Waals surface area contributed by atoms with Crippen molar-refractivity contribution in [3.05, 3.63) is 116 Å². The van der Waals surface area contributed by atoms with E-state index in [2.05, 4.69) is 4.98 Å². The van der Waals surface area contributed by atoms with Crippen molar-refractivity contribution in [2.24, 2.45) is 0 Å². The van der Waals surface area contributed by atoms with Crippen molar-refractivity contribution in [3.63, 3.8) is 0 Å². The zero-order valence-electron chi connectivity index (χ0n) is 24.0. The van der Waals surface area contributed by atoms with E-state index >= 15 is 0 Å². The molecule has 2 aliphatic heterocycles. The molecule has 0 unspecified atom stereocenters. The minimum absolute atomic E-state index is 0. The van der Waals surface area contributed by atoms with Gasteiger partial charge in [-0.15, -0.1) is 0 Å². The number of hydrogen-bond donors (Lipinski definition) is 2. The molecule has 6 rings (SSSR count). The van der Waals surface area contributed by atoms with Crippen molar-refractivity contribution in [1.29, 1.82) is 0 Å². The van der Waals surface area contributed by atoms with Crippen LogP contribution in [0.4, 0.5) is 0 Å². The van der Waals surface area contributed by atoms with Gasteiger partial charge >= 0.3 is 131 Å². The number of aryl methyl sites for hydroxylation is 2. The molecule has 0 saturated carbocycles. The van der Waals surface area contributed by atoms with Gasteiger partial charge in [-0.1, -0.05) is 36.4 Å². The molecule has 40 heavy (non-hydrogen) atoms. The maximum absolute atomic E-state index is 9.54. The predicted octanol–water partition coefficient (Wildman–Crippen LogP) is -1.69. The fourth-order valence-corrected chi connectivity index (χ4v) is 4.03. The van der Waals surface area contributed by atoms with Gasteiger partial charge in [-0.2, -0.15) is 0 Å². The molecule has 196 valence electrons. The third-order valence-corrected chi connectivity index (χ3v) is 6.05. The number of benzene rings is 3. The van der Waals surface area contributed by atoms with E-state index in [9.17, 15) is 10.0 Å². The van der Waals surface area contributed by atoms with Crippen LogP contribution in [-0.4, -0.2) is 29.3 Å². The Hall–Kier alpha value is -0.00974. The van der Waals surface area contributed by atoms with E-state index in [4.69, 9.17) is 18.8 Å². The van der Waals surface area contributed by atoms with Crippen LogP contribution in [0, 0.1) is 28.7 Å². The molecule has 0 atom stereocenters. The van der Waals surface area contributed by atoms with Crippen molar-refractivity contribution < 1.29 is 145 Å². The zero-order chi connectivity index (χ0) is 25.1. The molecule has 7 nitrogen and oxygen atoms in total. The van der Waals surface area contributed by atoms with Crippen LogP contribution in [0.15, 0.2) is 79.0 Å². The van der Waals surface area contributed by atoms with Crippen LogP contribution in [0.25, 0.3) is 0 Å². The molecular weight excluding hydrogens is 651 g/mol. The van der Waals surface area contributed by atoms with E-state index in [0.717, 1.165) is 44.7 Å². The number of fused-ring (bicyclic) bond motifs is 2. The number of pyridine rings is 1. The SMILES string of the molecule is Cc1ccccc1Oc1ccc2c(c1)COB2O.Cc1cccnc1Oc1ccc2c(c1)COB2O.[CH3-].[CH3-].[Rb+].[Rb+]. The van der Waals surface area contributed by atoms with Gasteiger partial charge in [-0.05, 0) is 77.9 Å². The zero-order valence-corrected chi connectivity index (χ0v) is 33.9. The van der Waals surface area contributed by atoms with Crippen LogP contribution >= 0.6 is 0 Å². The molecule has 2 N–H and O–H groups in total. The summed E-state index contributed by atoms with van der Waals surface area (Å²) in [4.78, 5) is 4.18. The van der Waals surface area contributed by atoms with Crippen LogP contribution in [0.1, 0.15) is 22.3 Å². The molecule has 0 saturated heterocycles. The molecule has 0 radical (unpaired) electrons. The first kappa shape index (κ1) is 38.0. The van der Waals surface area contributed by atoms with E-state index in [0.29, 0.717) is 24.8 Å². The van der Waals surface area contributed by atoms with Gasteiger partial charge in [0, 0.05) is 11.8 Å². The van der Waals surface area contributed by atoms with Gasteiger partial charge in [0.25, 0.3) is 0 Å². The van der Waals surface area contributed by atoms with Gasteiger partial charge in [0.2, 0.25) is 5.88 Å². The second kappa shape index (κ2) is 18.0. The molecule has 11 heteroatoms. The smallest absolute Gasteiger partial charge is 0.457 e. The minimum Gasteiger partial charge on any atom is -0.457 e. The van der Waals surface area contributed by atoms with Gasteiger partial charge in [0.1, 0.15) is 17.2 Å². The summed E-state index contributed by atoms with van der Waals surface area (Å²) in [7, 11) is -1.61. The van der Waals surface area contributed by atoms with Gasteiger partial charge in [0.15, 0.2) is 0 Å². The Bertz CT molecular complexity index is 1290. The molecule has 0 amide bonds. The van der Waals surface area contributed by atoms with Crippen LogP contribution in [-0.2, 0) is 22.5 Å². The summed E-state index contributed by atoms with van der Waals surface area (Å²) in [6.07, 6.45) is 1.70. The molecule has 0 fully saturated rings. The number of ether oxygens (including phenoxy) is 2. The Morgan fingerprint density at radius 2 is 1.23 bits per heavy atom. The summed E-state index contributed by atoms with van der Waals surface area (Å²) >= 11 is 0. The van der Waals surface area contributed by atoms with Crippen LogP contribution in [0.3, 0.4) is 0 Å². The second-order valence-corrected chi connectivity index (χ2v) is 8.64. The maximum Gasteiger partial charge on any atom is 1.00 e. The first-order chi connectivity index (χ1) is 17.5. The Kier molecular flexibility index (Phi) is 17.1. The summed E-state index contributed by atoms with van der Waals surface area (Å²) < 4.78 is 21.8. The van der Waals surface area contributed by atoms with Gasteiger partial charge in [-0.25, -0.2) is 4.98 Å². The summed E-state index contributed by atoms with van der Waals surface area (Å²) in [6.45, 7) is 4.80. The number of aromatic nitrogens is 1. The van der Waals surface area contributed by atoms with Gasteiger partial charge in [-0.3, -0.25) is 0 Å². The van der Waals surface area contributed by atoms with Crippen LogP contribution in [0.2, 0.25) is 0 Å². The molecule has 3 heterocycles. The average molecular weight is 682 g/mol. The standard InChI is InChI=1S/C14H13BO3.C13H12BNO3.2CH3.2Rb/c1-10-4-2-3-5-14(10)18-12-6-7-13-11(8-12)9-17-15(13)16;1-9-3-2-6-15-13(9)18-11-4-5-12-10(7-11)8-17-14(12)16;;;;/h2-8,16H,9H2,1H3;2-7,16H,8H2,1H3;2*1H3;;/q;;2*-1;2*+1. The third-order valence-electron chi connectivity index (χ3n) is 6.05. The van der Waals surface area contributed by atoms with Crippen molar-refractivity contribution in [2.75, 3.05) is 0 Å². The van der Waals surface area contributed by atoms with E-state index in [1.54, 1.807) is 6.20 Å². The Labute approximate surface area is 335 Å². The average Bonchev–Trinajstić information content (AvgIpc) is 3.44. The maximum atomic E-state index is 9.54. The molecule has 0 spiro atoms. The summed E-state index contributed by atoms with van der Waals surface area (Å²) in [5.41, 5.74) is 5.64. The molecule has 0 bridgehead atoms. The fraction of sp³-hybridized carbons (Fsp3) is 0.138. The molecule has 1 aromatic heterocycles. The minimum atomic E-state index is -0.814. The largest absolute Gasteiger partial charge is 1.00 e. The normalized spacial score (nSPS) is 12.2. The van der Waals surface area contributed by atoms with Crippen molar-refractivity contribution >= 4 is 25.2 Å². The van der Waals surface area contributed by atoms with Gasteiger partial charge in [0.05, 0.1) is 13.2 Å². The van der Waals surface area contributed by atoms with Crippen molar-refractivity contribution in [1.82, 2.24) is 4.98 Å². The first-order valence-corrected chi connectivity index (χ1v) is 11.7. The Morgan fingerprint density at radius 1 is 0.700 bits per heavy atom. The molecule has 2 aliphatic rings. The molecule has 4 aromatic rings. The van der Waals surface area contributed by atoms with Crippen LogP contribution < -0.4 is 137 Å². The van der Waals surface area contributed by atoms with Crippen molar-refractivity contribution in [3.8, 4) is 23.1 Å². The Morgan fingerprint density at radius 3 is 1.77 bits per heavy atom.